The topological polar surface area (TPSA) is 106 Å². The van der Waals surface area contributed by atoms with E-state index in [2.05, 4.69) is 4.72 Å². The van der Waals surface area contributed by atoms with Gasteiger partial charge in [0.25, 0.3) is 0 Å². The van der Waals surface area contributed by atoms with E-state index in [9.17, 15) is 22.4 Å². The molecular weight excluding hydrogens is 359 g/mol. The Morgan fingerprint density at radius 2 is 1.73 bits per heavy atom. The standard InChI is InChI=1S/C18H27FN2O4S/c1-4-5-6-15(20)17(22)18(23)16(11-12(2)3)21-26(24,25)14-9-7-13(19)8-10-14/h7-10,12,15-16,21H,4-6,11,20H2,1-3H3/t15-,16-/m0/s1. The van der Waals surface area contributed by atoms with Crippen LogP contribution in [0.5, 0.6) is 0 Å². The molecule has 6 nitrogen and oxygen atoms in total. The van der Waals surface area contributed by atoms with Crippen molar-refractivity contribution >= 4 is 21.6 Å². The summed E-state index contributed by atoms with van der Waals surface area (Å²) in [5, 5.41) is 0. The lowest BCUT2D eigenvalue weighted by atomic mass is 9.95. The van der Waals surface area contributed by atoms with Gasteiger partial charge in [-0.1, -0.05) is 33.6 Å². The number of rotatable bonds is 11. The maximum absolute atomic E-state index is 13.0. The van der Waals surface area contributed by atoms with Crippen LogP contribution in [0, 0.1) is 11.7 Å². The molecule has 0 radical (unpaired) electrons. The predicted octanol–water partition coefficient (Wildman–Crippen LogP) is 2.17. The van der Waals surface area contributed by atoms with Gasteiger partial charge >= 0.3 is 0 Å². The van der Waals surface area contributed by atoms with Crippen LogP contribution in [0.4, 0.5) is 4.39 Å². The molecule has 0 aliphatic heterocycles. The number of hydrogen-bond donors (Lipinski definition) is 2. The smallest absolute Gasteiger partial charge is 0.241 e. The monoisotopic (exact) mass is 386 g/mol. The number of sulfonamides is 1. The minimum Gasteiger partial charge on any atom is -0.321 e. The van der Waals surface area contributed by atoms with Crippen LogP contribution in [0.2, 0.25) is 0 Å². The number of carbonyl (C=O) groups is 2. The third-order valence-corrected chi connectivity index (χ3v) is 5.38. The molecule has 1 aromatic carbocycles. The van der Waals surface area contributed by atoms with Gasteiger partial charge in [0.15, 0.2) is 0 Å². The number of nitrogens with two attached hydrogens (primary N) is 1. The lowest BCUT2D eigenvalue weighted by Gasteiger charge is -2.20. The van der Waals surface area contributed by atoms with Crippen molar-refractivity contribution in [2.75, 3.05) is 0 Å². The van der Waals surface area contributed by atoms with Crippen LogP contribution < -0.4 is 10.5 Å². The molecule has 26 heavy (non-hydrogen) atoms. The molecule has 2 atom stereocenters. The van der Waals surface area contributed by atoms with Gasteiger partial charge in [0.2, 0.25) is 21.6 Å². The highest BCUT2D eigenvalue weighted by atomic mass is 32.2. The van der Waals surface area contributed by atoms with E-state index in [0.717, 1.165) is 30.7 Å². The zero-order chi connectivity index (χ0) is 19.9. The Labute approximate surface area is 154 Å². The minimum absolute atomic E-state index is 0.0282. The van der Waals surface area contributed by atoms with Crippen molar-refractivity contribution in [1.29, 1.82) is 0 Å². The molecule has 3 N–H and O–H groups in total. The fourth-order valence-corrected chi connectivity index (χ4v) is 3.67. The van der Waals surface area contributed by atoms with Gasteiger partial charge in [0, 0.05) is 0 Å². The average molecular weight is 386 g/mol. The highest BCUT2D eigenvalue weighted by Crippen LogP contribution is 2.14. The molecule has 0 unspecified atom stereocenters. The summed E-state index contributed by atoms with van der Waals surface area (Å²) in [6.45, 7) is 5.57. The largest absolute Gasteiger partial charge is 0.321 e. The van der Waals surface area contributed by atoms with E-state index in [1.807, 2.05) is 20.8 Å². The molecule has 0 aliphatic rings. The maximum atomic E-state index is 13.0. The molecule has 0 saturated heterocycles. The Morgan fingerprint density at radius 1 is 1.15 bits per heavy atom. The summed E-state index contributed by atoms with van der Waals surface area (Å²) in [7, 11) is -4.07. The quantitative estimate of drug-likeness (QED) is 0.567. The third-order valence-electron chi connectivity index (χ3n) is 3.89. The van der Waals surface area contributed by atoms with Crippen LogP contribution in [0.25, 0.3) is 0 Å². The summed E-state index contributed by atoms with van der Waals surface area (Å²) in [5.41, 5.74) is 5.78. The molecule has 0 bridgehead atoms. The molecular formula is C18H27FN2O4S. The predicted molar refractivity (Wildman–Crippen MR) is 97.5 cm³/mol. The molecule has 0 aliphatic carbocycles. The number of Topliss-reactive ketones (excluding diaryl/α,β-unsaturated/α-hetero) is 2. The fraction of sp³-hybridized carbons (Fsp3) is 0.556. The van der Waals surface area contributed by atoms with Gasteiger partial charge in [-0.05, 0) is 43.0 Å². The van der Waals surface area contributed by atoms with Crippen LogP contribution in [-0.2, 0) is 19.6 Å². The Balaban J connectivity index is 3.00. The van der Waals surface area contributed by atoms with E-state index in [0.29, 0.717) is 12.8 Å². The van der Waals surface area contributed by atoms with Crippen molar-refractivity contribution in [3.8, 4) is 0 Å². The first-order valence-electron chi connectivity index (χ1n) is 8.70. The summed E-state index contributed by atoms with van der Waals surface area (Å²) in [6.07, 6.45) is 2.07. The van der Waals surface area contributed by atoms with E-state index >= 15 is 0 Å². The number of hydrogen-bond acceptors (Lipinski definition) is 5. The van der Waals surface area contributed by atoms with Crippen molar-refractivity contribution in [1.82, 2.24) is 4.72 Å². The SMILES string of the molecule is CCCC[C@H](N)C(=O)C(=O)[C@H](CC(C)C)NS(=O)(=O)c1ccc(F)cc1. The molecule has 0 heterocycles. The van der Waals surface area contributed by atoms with E-state index in [-0.39, 0.29) is 17.2 Å². The van der Waals surface area contributed by atoms with E-state index in [4.69, 9.17) is 5.73 Å². The number of nitrogens with one attached hydrogen (secondary N) is 1. The number of carbonyl (C=O) groups excluding carboxylic acids is 2. The lowest BCUT2D eigenvalue weighted by Crippen LogP contribution is -2.49. The molecule has 0 saturated carbocycles. The Morgan fingerprint density at radius 3 is 2.23 bits per heavy atom. The summed E-state index contributed by atoms with van der Waals surface area (Å²) < 4.78 is 40.2. The molecule has 0 spiro atoms. The van der Waals surface area contributed by atoms with Crippen molar-refractivity contribution < 1.29 is 22.4 Å². The van der Waals surface area contributed by atoms with Crippen LogP contribution >= 0.6 is 0 Å². The van der Waals surface area contributed by atoms with Gasteiger partial charge in [-0.2, -0.15) is 0 Å². The molecule has 146 valence electrons. The van der Waals surface area contributed by atoms with Crippen LogP contribution in [-0.4, -0.2) is 32.1 Å². The van der Waals surface area contributed by atoms with Gasteiger partial charge in [0.1, 0.15) is 5.82 Å². The number of benzene rings is 1. The van der Waals surface area contributed by atoms with Gasteiger partial charge < -0.3 is 5.73 Å². The van der Waals surface area contributed by atoms with Crippen molar-refractivity contribution in [2.24, 2.45) is 11.7 Å². The van der Waals surface area contributed by atoms with Crippen molar-refractivity contribution in [3.05, 3.63) is 30.1 Å². The normalized spacial score (nSPS) is 14.2. The van der Waals surface area contributed by atoms with Gasteiger partial charge in [-0.3, -0.25) is 9.59 Å². The number of halogens is 1. The molecule has 0 fully saturated rings. The molecule has 0 aromatic heterocycles. The molecule has 1 rings (SSSR count). The number of ketones is 2. The Bertz CT molecular complexity index is 717. The van der Waals surface area contributed by atoms with Gasteiger partial charge in [-0.15, -0.1) is 0 Å². The highest BCUT2D eigenvalue weighted by Gasteiger charge is 2.32. The first-order chi connectivity index (χ1) is 12.1. The first kappa shape index (κ1) is 22.4. The lowest BCUT2D eigenvalue weighted by molar-refractivity contribution is -0.138. The molecule has 8 heteroatoms. The fourth-order valence-electron chi connectivity index (χ4n) is 2.46. The zero-order valence-electron chi connectivity index (χ0n) is 15.4. The molecule has 1 aromatic rings. The Kier molecular flexibility index (Phi) is 8.52. The van der Waals surface area contributed by atoms with Crippen LogP contribution in [0.15, 0.2) is 29.2 Å². The summed E-state index contributed by atoms with van der Waals surface area (Å²) in [6, 6.07) is 2.09. The zero-order valence-corrected chi connectivity index (χ0v) is 16.2. The highest BCUT2D eigenvalue weighted by molar-refractivity contribution is 7.89. The second-order valence-corrected chi connectivity index (χ2v) is 8.45. The first-order valence-corrected chi connectivity index (χ1v) is 10.2. The van der Waals surface area contributed by atoms with Crippen LogP contribution in [0.3, 0.4) is 0 Å². The number of unbranched alkanes of at least 4 members (excludes halogenated alkanes) is 1. The average Bonchev–Trinajstić information content (AvgIpc) is 2.57. The summed E-state index contributed by atoms with van der Waals surface area (Å²) >= 11 is 0. The van der Waals surface area contributed by atoms with Crippen molar-refractivity contribution in [3.63, 3.8) is 0 Å². The summed E-state index contributed by atoms with van der Waals surface area (Å²) in [5.74, 6) is -2.21. The van der Waals surface area contributed by atoms with E-state index in [1.165, 1.54) is 0 Å². The Hall–Kier alpha value is -1.64. The maximum Gasteiger partial charge on any atom is 0.241 e. The van der Waals surface area contributed by atoms with Gasteiger partial charge in [-0.25, -0.2) is 17.5 Å². The van der Waals surface area contributed by atoms with E-state index < -0.39 is 39.5 Å². The second-order valence-electron chi connectivity index (χ2n) is 6.73. The minimum atomic E-state index is -4.07. The van der Waals surface area contributed by atoms with E-state index in [1.54, 1.807) is 0 Å². The summed E-state index contributed by atoms with van der Waals surface area (Å²) in [4.78, 5) is 24.6. The molecule has 0 amide bonds. The van der Waals surface area contributed by atoms with Crippen LogP contribution in [0.1, 0.15) is 46.5 Å². The van der Waals surface area contributed by atoms with Gasteiger partial charge in [0.05, 0.1) is 17.0 Å². The second kappa shape index (κ2) is 9.89. The third kappa shape index (κ3) is 6.59. The van der Waals surface area contributed by atoms with Crippen molar-refractivity contribution in [2.45, 2.75) is 63.4 Å².